The maximum atomic E-state index is 11.8. The van der Waals surface area contributed by atoms with E-state index in [9.17, 15) is 21.6 Å². The summed E-state index contributed by atoms with van der Waals surface area (Å²) in [7, 11) is -5.55. The summed E-state index contributed by atoms with van der Waals surface area (Å²) in [6.45, 7) is 6.00. The lowest BCUT2D eigenvalue weighted by Gasteiger charge is -2.08. The molecule has 0 saturated heterocycles. The van der Waals surface area contributed by atoms with E-state index < -0.39 is 15.6 Å². The molecular formula is C9H9F3O3S. The molecular weight excluding hydrogens is 245 g/mol. The van der Waals surface area contributed by atoms with Crippen LogP contribution in [-0.4, -0.2) is 13.9 Å². The number of halogens is 3. The third kappa shape index (κ3) is 3.93. The van der Waals surface area contributed by atoms with E-state index in [0.717, 1.165) is 12.1 Å². The molecule has 7 heteroatoms. The summed E-state index contributed by atoms with van der Waals surface area (Å²) in [6.07, 6.45) is 0. The van der Waals surface area contributed by atoms with Gasteiger partial charge in [0.15, 0.2) is 0 Å². The summed E-state index contributed by atoms with van der Waals surface area (Å²) in [6, 6.07) is 6.47. The highest BCUT2D eigenvalue weighted by Crippen LogP contribution is 2.26. The van der Waals surface area contributed by atoms with E-state index in [0.29, 0.717) is 0 Å². The second-order valence-corrected chi connectivity index (χ2v) is 3.83. The Labute approximate surface area is 91.3 Å². The van der Waals surface area contributed by atoms with Gasteiger partial charge in [-0.15, -0.1) is 13.2 Å². The zero-order chi connectivity index (χ0) is 12.8. The standard InChI is InChI=1S/C7H5F3O3S.C2H4/c8-7(9,10)14(11,12)13-6-4-2-1-3-5-6;1-2/h1-5H;1-2H2. The Hall–Kier alpha value is -1.50. The van der Waals surface area contributed by atoms with Crippen LogP contribution in [0.1, 0.15) is 0 Å². The van der Waals surface area contributed by atoms with E-state index in [1.54, 1.807) is 0 Å². The number of hydrogen-bond acceptors (Lipinski definition) is 3. The average molecular weight is 254 g/mol. The topological polar surface area (TPSA) is 43.4 Å². The molecule has 3 nitrogen and oxygen atoms in total. The number of hydrogen-bond donors (Lipinski definition) is 0. The van der Waals surface area contributed by atoms with Gasteiger partial charge in [0.1, 0.15) is 5.75 Å². The molecule has 0 spiro atoms. The number of rotatable bonds is 2. The van der Waals surface area contributed by atoms with Crippen LogP contribution in [0.25, 0.3) is 0 Å². The Balaban J connectivity index is 0.00000106. The number of alkyl halides is 3. The van der Waals surface area contributed by atoms with Crippen molar-refractivity contribution in [2.24, 2.45) is 0 Å². The highest BCUT2D eigenvalue weighted by molar-refractivity contribution is 7.87. The van der Waals surface area contributed by atoms with Crippen LogP contribution in [0.5, 0.6) is 5.75 Å². The van der Waals surface area contributed by atoms with Crippen molar-refractivity contribution in [2.45, 2.75) is 5.51 Å². The second-order valence-electron chi connectivity index (χ2n) is 2.30. The molecule has 0 unspecified atom stereocenters. The van der Waals surface area contributed by atoms with Crippen LogP contribution in [0, 0.1) is 0 Å². The first-order valence-corrected chi connectivity index (χ1v) is 5.29. The number of para-hydroxylation sites is 1. The molecule has 0 aliphatic heterocycles. The van der Waals surface area contributed by atoms with Gasteiger partial charge in [0, 0.05) is 0 Å². The molecule has 1 aromatic carbocycles. The molecule has 16 heavy (non-hydrogen) atoms. The van der Waals surface area contributed by atoms with Gasteiger partial charge in [-0.25, -0.2) is 0 Å². The largest absolute Gasteiger partial charge is 0.534 e. The molecule has 0 aliphatic carbocycles. The molecule has 1 aromatic rings. The fraction of sp³-hybridized carbons (Fsp3) is 0.111. The highest BCUT2D eigenvalue weighted by atomic mass is 32.2. The van der Waals surface area contributed by atoms with E-state index in [4.69, 9.17) is 0 Å². The Morgan fingerprint density at radius 3 is 1.88 bits per heavy atom. The van der Waals surface area contributed by atoms with Gasteiger partial charge in [0.25, 0.3) is 0 Å². The fourth-order valence-electron chi connectivity index (χ4n) is 0.650. The van der Waals surface area contributed by atoms with Crippen molar-refractivity contribution in [1.29, 1.82) is 0 Å². The zero-order valence-corrected chi connectivity index (χ0v) is 8.88. The van der Waals surface area contributed by atoms with Crippen molar-refractivity contribution >= 4 is 10.1 Å². The van der Waals surface area contributed by atoms with Crippen molar-refractivity contribution < 1.29 is 25.8 Å². The predicted octanol–water partition coefficient (Wildman–Crippen LogP) is 2.72. The van der Waals surface area contributed by atoms with Gasteiger partial charge in [-0.3, -0.25) is 0 Å². The molecule has 0 N–H and O–H groups in total. The van der Waals surface area contributed by atoms with E-state index in [1.807, 2.05) is 0 Å². The van der Waals surface area contributed by atoms with Crippen LogP contribution in [0.4, 0.5) is 13.2 Å². The molecule has 0 aromatic heterocycles. The van der Waals surface area contributed by atoms with Crippen molar-refractivity contribution in [3.8, 4) is 5.75 Å². The SMILES string of the molecule is C=C.O=S(=O)(Oc1ccccc1)C(F)(F)F. The monoisotopic (exact) mass is 254 g/mol. The zero-order valence-electron chi connectivity index (χ0n) is 8.07. The molecule has 0 bridgehead atoms. The van der Waals surface area contributed by atoms with Crippen molar-refractivity contribution in [3.05, 3.63) is 43.5 Å². The number of benzene rings is 1. The van der Waals surface area contributed by atoms with Crippen LogP contribution in [0.2, 0.25) is 0 Å². The molecule has 0 aliphatic rings. The van der Waals surface area contributed by atoms with E-state index in [-0.39, 0.29) is 5.75 Å². The second kappa shape index (κ2) is 5.55. The molecule has 0 atom stereocenters. The lowest BCUT2D eigenvalue weighted by Crippen LogP contribution is -2.27. The Morgan fingerprint density at radius 2 is 1.50 bits per heavy atom. The van der Waals surface area contributed by atoms with Crippen molar-refractivity contribution in [3.63, 3.8) is 0 Å². The molecule has 0 heterocycles. The van der Waals surface area contributed by atoms with Crippen molar-refractivity contribution in [1.82, 2.24) is 0 Å². The van der Waals surface area contributed by atoms with E-state index in [1.165, 1.54) is 18.2 Å². The maximum Gasteiger partial charge on any atom is 0.534 e. The Kier molecular flexibility index (Phi) is 5.03. The smallest absolute Gasteiger partial charge is 0.376 e. The Morgan fingerprint density at radius 1 is 1.06 bits per heavy atom. The lowest BCUT2D eigenvalue weighted by atomic mass is 10.3. The molecule has 1 rings (SSSR count). The minimum Gasteiger partial charge on any atom is -0.376 e. The van der Waals surface area contributed by atoms with Gasteiger partial charge in [0.2, 0.25) is 0 Å². The fourth-order valence-corrected chi connectivity index (χ4v) is 1.11. The minimum absolute atomic E-state index is 0.371. The maximum absolute atomic E-state index is 11.8. The lowest BCUT2D eigenvalue weighted by molar-refractivity contribution is -0.0500. The summed E-state index contributed by atoms with van der Waals surface area (Å²) in [5, 5.41) is 0. The highest BCUT2D eigenvalue weighted by Gasteiger charge is 2.48. The van der Waals surface area contributed by atoms with E-state index >= 15 is 0 Å². The summed E-state index contributed by atoms with van der Waals surface area (Å²) in [5.41, 5.74) is -5.40. The first-order valence-electron chi connectivity index (χ1n) is 3.89. The summed E-state index contributed by atoms with van der Waals surface area (Å²) in [5.74, 6) is -0.371. The third-order valence-corrected chi connectivity index (χ3v) is 2.21. The quantitative estimate of drug-likeness (QED) is 0.463. The first-order chi connectivity index (χ1) is 7.33. The molecule has 0 radical (unpaired) electrons. The van der Waals surface area contributed by atoms with Gasteiger partial charge in [-0.05, 0) is 12.1 Å². The van der Waals surface area contributed by atoms with Crippen LogP contribution in [0.15, 0.2) is 43.5 Å². The predicted molar refractivity (Wildman–Crippen MR) is 53.3 cm³/mol. The van der Waals surface area contributed by atoms with Crippen LogP contribution in [0.3, 0.4) is 0 Å². The normalized spacial score (nSPS) is 11.2. The Bertz CT molecular complexity index is 411. The molecule has 90 valence electrons. The summed E-state index contributed by atoms with van der Waals surface area (Å²) < 4.78 is 60.2. The van der Waals surface area contributed by atoms with Crippen LogP contribution >= 0.6 is 0 Å². The summed E-state index contributed by atoms with van der Waals surface area (Å²) >= 11 is 0. The van der Waals surface area contributed by atoms with Crippen LogP contribution in [-0.2, 0) is 10.1 Å². The van der Waals surface area contributed by atoms with Gasteiger partial charge in [0.05, 0.1) is 0 Å². The van der Waals surface area contributed by atoms with Gasteiger partial charge >= 0.3 is 15.6 Å². The van der Waals surface area contributed by atoms with Crippen molar-refractivity contribution in [2.75, 3.05) is 0 Å². The van der Waals surface area contributed by atoms with Gasteiger partial charge in [-0.1, -0.05) is 18.2 Å². The van der Waals surface area contributed by atoms with Gasteiger partial charge in [-0.2, -0.15) is 21.6 Å². The minimum atomic E-state index is -5.55. The van der Waals surface area contributed by atoms with E-state index in [2.05, 4.69) is 17.3 Å². The average Bonchev–Trinajstić information content (AvgIpc) is 2.20. The van der Waals surface area contributed by atoms with Crippen LogP contribution < -0.4 is 4.18 Å². The third-order valence-electron chi connectivity index (χ3n) is 1.23. The van der Waals surface area contributed by atoms with Gasteiger partial charge < -0.3 is 4.18 Å². The molecule has 0 fully saturated rings. The molecule has 0 amide bonds. The molecule has 0 saturated carbocycles. The summed E-state index contributed by atoms with van der Waals surface area (Å²) in [4.78, 5) is 0. The first kappa shape index (κ1) is 14.5.